The molecule has 8 rings (SSSR count). The van der Waals surface area contributed by atoms with Gasteiger partial charge in [0.1, 0.15) is 5.75 Å². The van der Waals surface area contributed by atoms with E-state index >= 15 is 0 Å². The second-order valence-electron chi connectivity index (χ2n) is 10.9. The lowest BCUT2D eigenvalue weighted by atomic mass is 9.73. The number of rotatable bonds is 4. The third kappa shape index (κ3) is 4.75. The number of benzene rings is 4. The summed E-state index contributed by atoms with van der Waals surface area (Å²) in [7, 11) is 0. The van der Waals surface area contributed by atoms with Gasteiger partial charge in [0, 0.05) is 24.2 Å². The fourth-order valence-corrected chi connectivity index (χ4v) is 6.83. The molecule has 1 aromatic heterocycles. The van der Waals surface area contributed by atoms with Gasteiger partial charge < -0.3 is 10.2 Å². The molecule has 4 aromatic carbocycles. The highest BCUT2D eigenvalue weighted by atomic mass is 16.3. The third-order valence-corrected chi connectivity index (χ3v) is 8.85. The SMILES string of the molecule is CCC1CN2CCC1CC2Cc1ccnc2ccc(O)cc12.OCc1c2ccccc2cc2ccccc12. The zero-order valence-electron chi connectivity index (χ0n) is 22.1. The molecule has 4 atom stereocenters. The van der Waals surface area contributed by atoms with E-state index in [0.717, 1.165) is 45.5 Å². The van der Waals surface area contributed by atoms with Crippen LogP contribution in [0.1, 0.15) is 37.3 Å². The first kappa shape index (κ1) is 24.8. The van der Waals surface area contributed by atoms with Crippen LogP contribution in [0.5, 0.6) is 5.75 Å². The van der Waals surface area contributed by atoms with Crippen molar-refractivity contribution in [2.75, 3.05) is 13.1 Å². The summed E-state index contributed by atoms with van der Waals surface area (Å²) in [5.74, 6) is 2.16. The molecule has 0 radical (unpaired) electrons. The number of aromatic hydroxyl groups is 1. The summed E-state index contributed by atoms with van der Waals surface area (Å²) in [6.07, 6.45) is 7.02. The van der Waals surface area contributed by atoms with Crippen LogP contribution in [0, 0.1) is 11.8 Å². The maximum absolute atomic E-state index is 9.79. The first-order valence-corrected chi connectivity index (χ1v) is 14.0. The molecule has 194 valence electrons. The molecule has 4 nitrogen and oxygen atoms in total. The zero-order chi connectivity index (χ0) is 26.1. The van der Waals surface area contributed by atoms with Crippen molar-refractivity contribution < 1.29 is 10.2 Å². The van der Waals surface area contributed by atoms with E-state index < -0.39 is 0 Å². The van der Waals surface area contributed by atoms with Crippen LogP contribution in [0.15, 0.2) is 85.1 Å². The summed E-state index contributed by atoms with van der Waals surface area (Å²) in [5, 5.41) is 25.1. The highest BCUT2D eigenvalue weighted by Gasteiger charge is 2.39. The normalized spacial score (nSPS) is 22.5. The predicted octanol–water partition coefficient (Wildman–Crippen LogP) is 7.09. The molecule has 0 saturated carbocycles. The molecular formula is C34H36N2O2. The fourth-order valence-electron chi connectivity index (χ4n) is 6.83. The number of aliphatic hydroxyl groups excluding tert-OH is 1. The molecule has 3 fully saturated rings. The molecule has 0 spiro atoms. The van der Waals surface area contributed by atoms with Gasteiger partial charge in [-0.25, -0.2) is 0 Å². The van der Waals surface area contributed by atoms with E-state index in [1.54, 1.807) is 6.07 Å². The molecule has 3 saturated heterocycles. The second kappa shape index (κ2) is 10.7. The van der Waals surface area contributed by atoms with Crippen LogP contribution < -0.4 is 0 Å². The Morgan fingerprint density at radius 3 is 2.29 bits per heavy atom. The van der Waals surface area contributed by atoms with Crippen molar-refractivity contribution in [3.8, 4) is 5.75 Å². The lowest BCUT2D eigenvalue weighted by Gasteiger charge is -2.50. The smallest absolute Gasteiger partial charge is 0.116 e. The van der Waals surface area contributed by atoms with Gasteiger partial charge in [0.25, 0.3) is 0 Å². The van der Waals surface area contributed by atoms with Crippen molar-refractivity contribution in [1.82, 2.24) is 9.88 Å². The summed E-state index contributed by atoms with van der Waals surface area (Å²) in [6, 6.07) is 26.8. The number of piperidine rings is 3. The summed E-state index contributed by atoms with van der Waals surface area (Å²) < 4.78 is 0. The van der Waals surface area contributed by atoms with Gasteiger partial charge in [-0.3, -0.25) is 9.88 Å². The Labute approximate surface area is 224 Å². The quantitative estimate of drug-likeness (QED) is 0.257. The Morgan fingerprint density at radius 1 is 0.895 bits per heavy atom. The molecular weight excluding hydrogens is 468 g/mol. The van der Waals surface area contributed by atoms with Gasteiger partial charge in [0.05, 0.1) is 12.1 Å². The van der Waals surface area contributed by atoms with Gasteiger partial charge in [0.2, 0.25) is 0 Å². The van der Waals surface area contributed by atoms with Crippen molar-refractivity contribution in [2.45, 2.75) is 45.3 Å². The van der Waals surface area contributed by atoms with E-state index in [0.29, 0.717) is 11.8 Å². The molecule has 3 aliphatic heterocycles. The second-order valence-corrected chi connectivity index (χ2v) is 10.9. The Hall–Kier alpha value is -3.47. The molecule has 2 bridgehead atoms. The summed E-state index contributed by atoms with van der Waals surface area (Å²) >= 11 is 0. The van der Waals surface area contributed by atoms with E-state index in [1.165, 1.54) is 48.7 Å². The molecule has 3 aliphatic rings. The molecule has 38 heavy (non-hydrogen) atoms. The maximum atomic E-state index is 9.79. The highest BCUT2D eigenvalue weighted by Crippen LogP contribution is 2.39. The van der Waals surface area contributed by atoms with Gasteiger partial charge in [-0.15, -0.1) is 0 Å². The zero-order valence-corrected chi connectivity index (χ0v) is 22.1. The number of nitrogens with zero attached hydrogens (tertiary/aromatic N) is 2. The number of aliphatic hydroxyl groups is 1. The molecule has 4 unspecified atom stereocenters. The van der Waals surface area contributed by atoms with Crippen molar-refractivity contribution in [3.05, 3.63) is 96.2 Å². The minimum absolute atomic E-state index is 0.0852. The van der Waals surface area contributed by atoms with Gasteiger partial charge in [0.15, 0.2) is 0 Å². The van der Waals surface area contributed by atoms with Crippen LogP contribution in [0.3, 0.4) is 0 Å². The standard InChI is InChI=1S/C19H24N2O.C15H12O/c1-2-13-12-21-8-6-14(13)9-16(21)10-15-5-7-20-19-4-3-17(22)11-18(15)19;16-10-15-13-7-3-1-5-11(13)9-12-6-2-4-8-14(12)15/h3-5,7,11,13-14,16,22H,2,6,8-10,12H2,1H3;1-9,16H,10H2. The molecule has 5 aromatic rings. The lowest BCUT2D eigenvalue weighted by molar-refractivity contribution is 0.000317. The van der Waals surface area contributed by atoms with Gasteiger partial charge in [-0.1, -0.05) is 61.9 Å². The number of phenols is 1. The number of hydrogen-bond acceptors (Lipinski definition) is 4. The first-order chi connectivity index (χ1) is 18.6. The van der Waals surface area contributed by atoms with E-state index in [2.05, 4.69) is 53.2 Å². The highest BCUT2D eigenvalue weighted by molar-refractivity contribution is 6.02. The van der Waals surface area contributed by atoms with Gasteiger partial charge in [-0.05, 0) is 101 Å². The fraction of sp³-hybridized carbons (Fsp3) is 0.324. The first-order valence-electron chi connectivity index (χ1n) is 14.0. The number of hydrogen-bond donors (Lipinski definition) is 2. The van der Waals surface area contributed by atoms with E-state index in [1.807, 2.05) is 42.6 Å². The summed E-state index contributed by atoms with van der Waals surface area (Å²) in [6.45, 7) is 4.96. The van der Waals surface area contributed by atoms with Crippen molar-refractivity contribution in [1.29, 1.82) is 0 Å². The number of phenolic OH excluding ortho intramolecular Hbond substituents is 1. The predicted molar refractivity (Wildman–Crippen MR) is 156 cm³/mol. The number of fused-ring (bicyclic) bond motifs is 6. The molecule has 0 aliphatic carbocycles. The van der Waals surface area contributed by atoms with Crippen LogP contribution >= 0.6 is 0 Å². The Bertz CT molecular complexity index is 1530. The van der Waals surface area contributed by atoms with Crippen LogP contribution in [-0.2, 0) is 13.0 Å². The van der Waals surface area contributed by atoms with Crippen molar-refractivity contribution in [2.24, 2.45) is 11.8 Å². The van der Waals surface area contributed by atoms with Crippen molar-refractivity contribution >= 4 is 32.4 Å². The molecule has 2 N–H and O–H groups in total. The average Bonchev–Trinajstić information content (AvgIpc) is 2.97. The van der Waals surface area contributed by atoms with E-state index in [4.69, 9.17) is 0 Å². The van der Waals surface area contributed by atoms with Crippen LogP contribution in [0.4, 0.5) is 0 Å². The third-order valence-electron chi connectivity index (χ3n) is 8.85. The van der Waals surface area contributed by atoms with Crippen molar-refractivity contribution in [3.63, 3.8) is 0 Å². The van der Waals surface area contributed by atoms with Crippen LogP contribution in [0.2, 0.25) is 0 Å². The molecule has 4 heterocycles. The Morgan fingerprint density at radius 2 is 1.63 bits per heavy atom. The Balaban J connectivity index is 0.000000146. The van der Waals surface area contributed by atoms with Crippen LogP contribution in [-0.4, -0.2) is 39.2 Å². The largest absolute Gasteiger partial charge is 0.508 e. The van der Waals surface area contributed by atoms with Gasteiger partial charge in [-0.2, -0.15) is 0 Å². The Kier molecular flexibility index (Phi) is 7.01. The molecule has 4 heteroatoms. The van der Waals surface area contributed by atoms with E-state index in [9.17, 15) is 10.2 Å². The summed E-state index contributed by atoms with van der Waals surface area (Å²) in [5.41, 5.74) is 3.33. The molecule has 0 amide bonds. The maximum Gasteiger partial charge on any atom is 0.116 e. The number of pyridine rings is 1. The van der Waals surface area contributed by atoms with E-state index in [-0.39, 0.29) is 6.61 Å². The monoisotopic (exact) mass is 504 g/mol. The minimum atomic E-state index is 0.0852. The summed E-state index contributed by atoms with van der Waals surface area (Å²) in [4.78, 5) is 7.12. The number of aromatic nitrogens is 1. The van der Waals surface area contributed by atoms with Gasteiger partial charge >= 0.3 is 0 Å². The average molecular weight is 505 g/mol. The topological polar surface area (TPSA) is 56.6 Å². The van der Waals surface area contributed by atoms with Crippen LogP contribution in [0.25, 0.3) is 32.4 Å². The minimum Gasteiger partial charge on any atom is -0.508 e. The lowest BCUT2D eigenvalue weighted by Crippen LogP contribution is -2.53.